The van der Waals surface area contributed by atoms with Gasteiger partial charge < -0.3 is 14.9 Å². The maximum Gasteiger partial charge on any atom is 0.330 e. The molecule has 1 aromatic carbocycles. The van der Waals surface area contributed by atoms with E-state index >= 15 is 0 Å². The number of nitrogens with zero attached hydrogens (tertiary/aromatic N) is 1. The molecule has 0 saturated heterocycles. The molecule has 1 heterocycles. The lowest BCUT2D eigenvalue weighted by molar-refractivity contribution is -0.139. The molecule has 0 spiro atoms. The zero-order valence-corrected chi connectivity index (χ0v) is 12.7. The van der Waals surface area contributed by atoms with E-state index in [0.717, 1.165) is 6.07 Å². The first-order valence-electron chi connectivity index (χ1n) is 7.11. The largest absolute Gasteiger partial charge is 0.479 e. The number of aliphatic carboxylic acids is 1. The van der Waals surface area contributed by atoms with Crippen molar-refractivity contribution < 1.29 is 23.6 Å². The number of carbonyl (C=O) groups excluding carboxylic acids is 1. The first-order valence-corrected chi connectivity index (χ1v) is 7.11. The number of carboxylic acid groups (broad SMARTS) is 1. The van der Waals surface area contributed by atoms with Crippen molar-refractivity contribution in [1.82, 2.24) is 10.5 Å². The van der Waals surface area contributed by atoms with Crippen LogP contribution in [0, 0.1) is 11.7 Å². The van der Waals surface area contributed by atoms with Crippen molar-refractivity contribution in [2.24, 2.45) is 5.92 Å². The van der Waals surface area contributed by atoms with E-state index in [1.807, 2.05) is 13.8 Å². The van der Waals surface area contributed by atoms with Crippen LogP contribution in [-0.4, -0.2) is 22.1 Å². The maximum absolute atomic E-state index is 13.2. The summed E-state index contributed by atoms with van der Waals surface area (Å²) in [4.78, 5) is 23.5. The van der Waals surface area contributed by atoms with Crippen molar-refractivity contribution in [1.29, 1.82) is 0 Å². The predicted octanol–water partition coefficient (Wildman–Crippen LogP) is 2.57. The van der Waals surface area contributed by atoms with Gasteiger partial charge in [-0.2, -0.15) is 0 Å². The summed E-state index contributed by atoms with van der Waals surface area (Å²) in [5.74, 6) is -2.34. The topological polar surface area (TPSA) is 92.4 Å². The van der Waals surface area contributed by atoms with Crippen LogP contribution in [0.15, 0.2) is 34.9 Å². The van der Waals surface area contributed by atoms with Gasteiger partial charge in [0.15, 0.2) is 6.04 Å². The molecule has 0 fully saturated rings. The van der Waals surface area contributed by atoms with Crippen molar-refractivity contribution in [3.8, 4) is 0 Å². The van der Waals surface area contributed by atoms with Crippen LogP contribution in [0.2, 0.25) is 0 Å². The molecule has 2 aromatic rings. The molecule has 0 aliphatic heterocycles. The molecule has 0 aliphatic carbocycles. The van der Waals surface area contributed by atoms with Crippen LogP contribution in [0.5, 0.6) is 0 Å². The molecule has 0 radical (unpaired) electrons. The highest BCUT2D eigenvalue weighted by Crippen LogP contribution is 2.16. The fraction of sp³-hybridized carbons (Fsp3) is 0.312. The summed E-state index contributed by atoms with van der Waals surface area (Å²) in [6.45, 7) is 4.00. The minimum Gasteiger partial charge on any atom is -0.479 e. The number of hydrogen-bond acceptors (Lipinski definition) is 4. The second kappa shape index (κ2) is 7.04. The summed E-state index contributed by atoms with van der Waals surface area (Å²) in [6, 6.07) is 5.15. The van der Waals surface area contributed by atoms with Crippen molar-refractivity contribution >= 4 is 11.9 Å². The first-order chi connectivity index (χ1) is 10.9. The number of halogens is 1. The highest BCUT2D eigenvalue weighted by molar-refractivity contribution is 5.94. The second-order valence-corrected chi connectivity index (χ2v) is 5.58. The highest BCUT2D eigenvalue weighted by Gasteiger charge is 2.25. The molecule has 2 rings (SSSR count). The summed E-state index contributed by atoms with van der Waals surface area (Å²) >= 11 is 0. The number of carboxylic acids is 1. The molecule has 0 saturated carbocycles. The molecule has 2 N–H and O–H groups in total. The van der Waals surface area contributed by atoms with Crippen LogP contribution < -0.4 is 5.32 Å². The van der Waals surface area contributed by atoms with Crippen molar-refractivity contribution in [2.75, 3.05) is 0 Å². The Morgan fingerprint density at radius 2 is 2.09 bits per heavy atom. The molecule has 1 amide bonds. The Hall–Kier alpha value is -2.70. The van der Waals surface area contributed by atoms with Gasteiger partial charge in [-0.1, -0.05) is 31.1 Å². The third-order valence-corrected chi connectivity index (χ3v) is 3.10. The lowest BCUT2D eigenvalue weighted by Crippen LogP contribution is -2.33. The van der Waals surface area contributed by atoms with Gasteiger partial charge in [0.2, 0.25) is 5.76 Å². The van der Waals surface area contributed by atoms with Gasteiger partial charge in [-0.15, -0.1) is 0 Å². The summed E-state index contributed by atoms with van der Waals surface area (Å²) in [7, 11) is 0. The smallest absolute Gasteiger partial charge is 0.330 e. The lowest BCUT2D eigenvalue weighted by atomic mass is 10.1. The van der Waals surface area contributed by atoms with Gasteiger partial charge in [0.1, 0.15) is 5.82 Å². The van der Waals surface area contributed by atoms with Gasteiger partial charge in [-0.3, -0.25) is 4.79 Å². The summed E-state index contributed by atoms with van der Waals surface area (Å²) in [6.07, 6.45) is 0.642. The van der Waals surface area contributed by atoms with Gasteiger partial charge in [0, 0.05) is 6.07 Å². The molecule has 0 unspecified atom stereocenters. The van der Waals surface area contributed by atoms with E-state index in [4.69, 9.17) is 4.52 Å². The molecule has 0 bridgehead atoms. The quantitative estimate of drug-likeness (QED) is 0.853. The maximum atomic E-state index is 13.2. The van der Waals surface area contributed by atoms with Gasteiger partial charge in [0.05, 0.1) is 5.69 Å². The zero-order valence-electron chi connectivity index (χ0n) is 12.7. The molecule has 7 heteroatoms. The van der Waals surface area contributed by atoms with E-state index in [1.165, 1.54) is 24.3 Å². The van der Waals surface area contributed by atoms with Crippen LogP contribution in [0.4, 0.5) is 4.39 Å². The van der Waals surface area contributed by atoms with Crippen LogP contribution in [0.3, 0.4) is 0 Å². The molecule has 1 atom stereocenters. The van der Waals surface area contributed by atoms with E-state index < -0.39 is 23.7 Å². The third kappa shape index (κ3) is 4.38. The Bertz CT molecular complexity index is 712. The lowest BCUT2D eigenvalue weighted by Gasteiger charge is -2.13. The number of rotatable bonds is 6. The minimum absolute atomic E-state index is 0.0803. The number of amides is 1. The van der Waals surface area contributed by atoms with Crippen LogP contribution >= 0.6 is 0 Å². The van der Waals surface area contributed by atoms with Crippen molar-refractivity contribution in [3.63, 3.8) is 0 Å². The summed E-state index contributed by atoms with van der Waals surface area (Å²) in [5.41, 5.74) is 0.746. The Balaban J connectivity index is 2.15. The zero-order chi connectivity index (χ0) is 17.0. The van der Waals surface area contributed by atoms with Crippen LogP contribution in [0.25, 0.3) is 0 Å². The van der Waals surface area contributed by atoms with Gasteiger partial charge in [0.25, 0.3) is 5.91 Å². The highest BCUT2D eigenvalue weighted by atomic mass is 19.1. The number of hydrogen-bond donors (Lipinski definition) is 2. The van der Waals surface area contributed by atoms with Crippen LogP contribution in [0.1, 0.15) is 41.7 Å². The Morgan fingerprint density at radius 1 is 1.35 bits per heavy atom. The van der Waals surface area contributed by atoms with Gasteiger partial charge in [-0.25, -0.2) is 9.18 Å². The molecular weight excluding hydrogens is 303 g/mol. The molecule has 122 valence electrons. The minimum atomic E-state index is -1.38. The van der Waals surface area contributed by atoms with Gasteiger partial charge in [-0.05, 0) is 30.0 Å². The van der Waals surface area contributed by atoms with E-state index in [9.17, 15) is 19.1 Å². The number of nitrogens with one attached hydrogen (secondary N) is 1. The Morgan fingerprint density at radius 3 is 2.70 bits per heavy atom. The molecule has 23 heavy (non-hydrogen) atoms. The number of benzene rings is 1. The van der Waals surface area contributed by atoms with E-state index in [-0.39, 0.29) is 11.3 Å². The Kier molecular flexibility index (Phi) is 5.10. The average molecular weight is 320 g/mol. The van der Waals surface area contributed by atoms with E-state index in [0.29, 0.717) is 18.0 Å². The van der Waals surface area contributed by atoms with Gasteiger partial charge >= 0.3 is 5.97 Å². The molecule has 6 nitrogen and oxygen atoms in total. The number of carbonyl (C=O) groups is 2. The monoisotopic (exact) mass is 320 g/mol. The van der Waals surface area contributed by atoms with E-state index in [1.54, 1.807) is 0 Å². The van der Waals surface area contributed by atoms with Crippen LogP contribution in [-0.2, 0) is 11.2 Å². The summed E-state index contributed by atoms with van der Waals surface area (Å²) in [5, 5.41) is 15.3. The normalized spacial score (nSPS) is 12.2. The average Bonchev–Trinajstić information content (AvgIpc) is 2.91. The molecule has 0 aliphatic rings. The fourth-order valence-corrected chi connectivity index (χ4v) is 2.11. The first kappa shape index (κ1) is 16.7. The fourth-order valence-electron chi connectivity index (χ4n) is 2.11. The molecule has 1 aromatic heterocycles. The predicted molar refractivity (Wildman–Crippen MR) is 79.3 cm³/mol. The standard InChI is InChI=1S/C16H17FN2O4/c1-9(2)6-12-8-13(23-19-12)15(20)18-14(16(21)22)10-4-3-5-11(17)7-10/h3-5,7-9,14H,6H2,1-2H3,(H,18,20)(H,21,22)/t14-/m0/s1. The van der Waals surface area contributed by atoms with E-state index in [2.05, 4.69) is 10.5 Å². The van der Waals surface area contributed by atoms with Crippen molar-refractivity contribution in [2.45, 2.75) is 26.3 Å². The Labute approximate surface area is 132 Å². The SMILES string of the molecule is CC(C)Cc1cc(C(=O)N[C@H](C(=O)O)c2cccc(F)c2)on1. The summed E-state index contributed by atoms with van der Waals surface area (Å²) < 4.78 is 18.2. The molecular formula is C16H17FN2O4. The second-order valence-electron chi connectivity index (χ2n) is 5.58. The third-order valence-electron chi connectivity index (χ3n) is 3.10. The van der Waals surface area contributed by atoms with Crippen molar-refractivity contribution in [3.05, 3.63) is 53.2 Å². The number of aromatic nitrogens is 1.